The summed E-state index contributed by atoms with van der Waals surface area (Å²) in [4.78, 5) is 72.5. The molecule has 0 bridgehead atoms. The molecular formula is C70H136O17P2. The molecule has 0 spiro atoms. The van der Waals surface area contributed by atoms with Crippen molar-refractivity contribution in [2.24, 2.45) is 11.8 Å². The van der Waals surface area contributed by atoms with Gasteiger partial charge in [0.15, 0.2) is 12.2 Å². The molecular weight excluding hydrogens is 1170 g/mol. The first-order valence-electron chi connectivity index (χ1n) is 36.5. The van der Waals surface area contributed by atoms with Crippen LogP contribution < -0.4 is 0 Å². The Morgan fingerprint density at radius 2 is 0.573 bits per heavy atom. The average Bonchev–Trinajstić information content (AvgIpc) is 3.69. The quantitative estimate of drug-likeness (QED) is 0.0222. The third-order valence-electron chi connectivity index (χ3n) is 16.6. The summed E-state index contributed by atoms with van der Waals surface area (Å²) in [6, 6.07) is 0. The molecule has 0 fully saturated rings. The van der Waals surface area contributed by atoms with Gasteiger partial charge in [-0.15, -0.1) is 0 Å². The first-order chi connectivity index (χ1) is 42.9. The zero-order valence-electron chi connectivity index (χ0n) is 57.7. The lowest BCUT2D eigenvalue weighted by molar-refractivity contribution is -0.161. The molecule has 528 valence electrons. The van der Waals surface area contributed by atoms with Gasteiger partial charge in [0.05, 0.1) is 26.4 Å². The summed E-state index contributed by atoms with van der Waals surface area (Å²) in [6.07, 6.45) is 47.2. The Bertz CT molecular complexity index is 1740. The minimum Gasteiger partial charge on any atom is -0.462 e. The van der Waals surface area contributed by atoms with Crippen molar-refractivity contribution in [2.45, 2.75) is 374 Å². The van der Waals surface area contributed by atoms with Crippen LogP contribution in [0.2, 0.25) is 0 Å². The summed E-state index contributed by atoms with van der Waals surface area (Å²) in [5.74, 6) is -0.647. The van der Waals surface area contributed by atoms with E-state index >= 15 is 0 Å². The van der Waals surface area contributed by atoms with Gasteiger partial charge in [0.25, 0.3) is 0 Å². The van der Waals surface area contributed by atoms with Crippen molar-refractivity contribution >= 4 is 39.5 Å². The average molecular weight is 1310 g/mol. The Kier molecular flexibility index (Phi) is 60.8. The van der Waals surface area contributed by atoms with Crippen LogP contribution in [-0.4, -0.2) is 96.7 Å². The van der Waals surface area contributed by atoms with E-state index in [4.69, 9.17) is 37.0 Å². The molecule has 0 amide bonds. The van der Waals surface area contributed by atoms with Crippen molar-refractivity contribution in [3.63, 3.8) is 0 Å². The summed E-state index contributed by atoms with van der Waals surface area (Å²) in [5.41, 5.74) is 0. The van der Waals surface area contributed by atoms with Crippen molar-refractivity contribution in [2.75, 3.05) is 39.6 Å². The van der Waals surface area contributed by atoms with Crippen LogP contribution in [0.3, 0.4) is 0 Å². The molecule has 19 heteroatoms. The van der Waals surface area contributed by atoms with E-state index < -0.39 is 97.5 Å². The molecule has 0 aliphatic rings. The van der Waals surface area contributed by atoms with Crippen LogP contribution in [0.1, 0.15) is 356 Å². The van der Waals surface area contributed by atoms with Gasteiger partial charge in [0.2, 0.25) is 0 Å². The van der Waals surface area contributed by atoms with Crippen LogP contribution in [0.4, 0.5) is 0 Å². The molecule has 6 atom stereocenters. The molecule has 0 saturated heterocycles. The van der Waals surface area contributed by atoms with E-state index in [2.05, 4.69) is 41.5 Å². The number of phosphoric ester groups is 2. The number of aliphatic hydroxyl groups excluding tert-OH is 1. The second-order valence-corrected chi connectivity index (χ2v) is 28.9. The van der Waals surface area contributed by atoms with E-state index in [1.54, 1.807) is 0 Å². The highest BCUT2D eigenvalue weighted by Crippen LogP contribution is 2.45. The molecule has 0 heterocycles. The molecule has 89 heavy (non-hydrogen) atoms. The number of unbranched alkanes of at least 4 members (excludes halogenated alkanes) is 38. The number of hydrogen-bond acceptors (Lipinski definition) is 15. The molecule has 0 aliphatic carbocycles. The van der Waals surface area contributed by atoms with Crippen LogP contribution in [0.5, 0.6) is 0 Å². The molecule has 0 saturated carbocycles. The summed E-state index contributed by atoms with van der Waals surface area (Å²) in [5, 5.41) is 10.6. The number of hydrogen-bond donors (Lipinski definition) is 3. The Morgan fingerprint density at radius 1 is 0.326 bits per heavy atom. The van der Waals surface area contributed by atoms with Crippen LogP contribution >= 0.6 is 15.6 Å². The summed E-state index contributed by atoms with van der Waals surface area (Å²) >= 11 is 0. The molecule has 17 nitrogen and oxygen atoms in total. The fourth-order valence-corrected chi connectivity index (χ4v) is 12.1. The van der Waals surface area contributed by atoms with Crippen molar-refractivity contribution < 1.29 is 80.2 Å². The molecule has 0 aromatic heterocycles. The zero-order chi connectivity index (χ0) is 65.7. The predicted octanol–water partition coefficient (Wildman–Crippen LogP) is 20.0. The van der Waals surface area contributed by atoms with Crippen LogP contribution in [0.15, 0.2) is 0 Å². The smallest absolute Gasteiger partial charge is 0.462 e. The minimum atomic E-state index is -4.95. The van der Waals surface area contributed by atoms with Crippen LogP contribution in [0, 0.1) is 11.8 Å². The highest BCUT2D eigenvalue weighted by molar-refractivity contribution is 7.47. The van der Waals surface area contributed by atoms with E-state index in [9.17, 15) is 43.2 Å². The van der Waals surface area contributed by atoms with E-state index in [1.165, 1.54) is 173 Å². The molecule has 0 radical (unpaired) electrons. The number of ether oxygens (including phenoxy) is 4. The van der Waals surface area contributed by atoms with Crippen molar-refractivity contribution in [1.29, 1.82) is 0 Å². The standard InChI is InChI=1S/C70H136O17P2/c1-7-10-12-14-16-18-20-21-22-23-24-25-31-35-42-48-54-69(74)86-65(58-80-68(73)53-47-41-34-30-27-26-28-32-38-44-50-62(4)5)60-84-88(76,77)82-56-64(71)57-83-89(78,79)85-61-66(87-70(75)55-49-43-37-36-39-45-51-63(6)9-3)59-81-67(72)52-46-40-33-29-19-17-15-13-11-8-2/h62-66,71H,7-61H2,1-6H3,(H,76,77)(H,78,79)/t63?,64-,65-,66-/m1/s1. The Balaban J connectivity index is 5.24. The predicted molar refractivity (Wildman–Crippen MR) is 358 cm³/mol. The van der Waals surface area contributed by atoms with E-state index in [-0.39, 0.29) is 25.7 Å². The summed E-state index contributed by atoms with van der Waals surface area (Å²) in [6.45, 7) is 9.49. The number of carbonyl (C=O) groups excluding carboxylic acids is 4. The van der Waals surface area contributed by atoms with Crippen molar-refractivity contribution in [3.8, 4) is 0 Å². The first kappa shape index (κ1) is 87.1. The van der Waals surface area contributed by atoms with E-state index in [0.29, 0.717) is 25.7 Å². The number of esters is 4. The van der Waals surface area contributed by atoms with Gasteiger partial charge < -0.3 is 33.8 Å². The molecule has 0 aromatic carbocycles. The largest absolute Gasteiger partial charge is 0.472 e. The van der Waals surface area contributed by atoms with Crippen molar-refractivity contribution in [3.05, 3.63) is 0 Å². The lowest BCUT2D eigenvalue weighted by Gasteiger charge is -2.21. The highest BCUT2D eigenvalue weighted by atomic mass is 31.2. The second kappa shape index (κ2) is 62.2. The normalized spacial score (nSPS) is 14.4. The molecule has 0 rings (SSSR count). The van der Waals surface area contributed by atoms with Gasteiger partial charge in [0.1, 0.15) is 19.3 Å². The highest BCUT2D eigenvalue weighted by Gasteiger charge is 2.30. The third kappa shape index (κ3) is 63.2. The zero-order valence-corrected chi connectivity index (χ0v) is 59.5. The lowest BCUT2D eigenvalue weighted by Crippen LogP contribution is -2.30. The third-order valence-corrected chi connectivity index (χ3v) is 18.5. The van der Waals surface area contributed by atoms with Gasteiger partial charge in [-0.3, -0.25) is 37.3 Å². The van der Waals surface area contributed by atoms with Gasteiger partial charge in [-0.2, -0.15) is 0 Å². The monoisotopic (exact) mass is 1310 g/mol. The minimum absolute atomic E-state index is 0.103. The molecule has 0 aromatic rings. The second-order valence-electron chi connectivity index (χ2n) is 26.0. The Labute approximate surface area is 543 Å². The SMILES string of the molecule is CCCCCCCCCCCCCCCCCCC(=O)O[C@H](COC(=O)CCCCCCCCCCCCC(C)C)COP(=O)(O)OC[C@@H](O)COP(=O)(O)OC[C@@H](COC(=O)CCCCCCCCCCCC)OC(=O)CCCCCCCCC(C)CC. The molecule has 3 N–H and O–H groups in total. The fourth-order valence-electron chi connectivity index (χ4n) is 10.6. The van der Waals surface area contributed by atoms with Gasteiger partial charge >= 0.3 is 39.5 Å². The first-order valence-corrected chi connectivity index (χ1v) is 39.5. The van der Waals surface area contributed by atoms with Gasteiger partial charge in [-0.05, 0) is 37.5 Å². The summed E-state index contributed by atoms with van der Waals surface area (Å²) < 4.78 is 68.3. The lowest BCUT2D eigenvalue weighted by atomic mass is 10.00. The van der Waals surface area contributed by atoms with Crippen LogP contribution in [0.25, 0.3) is 0 Å². The summed E-state index contributed by atoms with van der Waals surface area (Å²) in [7, 11) is -9.90. The molecule has 3 unspecified atom stereocenters. The Morgan fingerprint density at radius 3 is 0.854 bits per heavy atom. The number of aliphatic hydroxyl groups is 1. The maximum atomic E-state index is 13.0. The maximum absolute atomic E-state index is 13.0. The van der Waals surface area contributed by atoms with E-state index in [0.717, 1.165) is 102 Å². The fraction of sp³-hybridized carbons (Fsp3) is 0.943. The van der Waals surface area contributed by atoms with E-state index in [1.807, 2.05) is 0 Å². The number of rotatable bonds is 69. The van der Waals surface area contributed by atoms with Gasteiger partial charge in [-0.25, -0.2) is 9.13 Å². The topological polar surface area (TPSA) is 237 Å². The number of carbonyl (C=O) groups is 4. The van der Waals surface area contributed by atoms with Gasteiger partial charge in [-0.1, -0.05) is 305 Å². The Hall–Kier alpha value is -1.94. The maximum Gasteiger partial charge on any atom is 0.472 e. The number of phosphoric acid groups is 2. The molecule has 0 aliphatic heterocycles. The van der Waals surface area contributed by atoms with Crippen molar-refractivity contribution in [1.82, 2.24) is 0 Å². The van der Waals surface area contributed by atoms with Crippen LogP contribution in [-0.2, 0) is 65.4 Å². The van der Waals surface area contributed by atoms with Gasteiger partial charge in [0, 0.05) is 25.7 Å².